The van der Waals surface area contributed by atoms with Crippen molar-refractivity contribution in [2.24, 2.45) is 23.7 Å². The second-order valence-electron chi connectivity index (χ2n) is 6.13. The summed E-state index contributed by atoms with van der Waals surface area (Å²) in [6.07, 6.45) is 6.05. The number of non-ortho nitro benzene ring substituents is 1. The van der Waals surface area contributed by atoms with E-state index in [1.165, 1.54) is 29.2 Å². The van der Waals surface area contributed by atoms with Gasteiger partial charge in [0.05, 0.1) is 22.4 Å². The molecule has 6 nitrogen and oxygen atoms in total. The fourth-order valence-electron chi connectivity index (χ4n) is 4.05. The van der Waals surface area contributed by atoms with E-state index in [0.29, 0.717) is 5.69 Å². The minimum atomic E-state index is -0.499. The van der Waals surface area contributed by atoms with Gasteiger partial charge < -0.3 is 0 Å². The van der Waals surface area contributed by atoms with Crippen LogP contribution < -0.4 is 4.90 Å². The predicted molar refractivity (Wildman–Crippen MR) is 77.9 cm³/mol. The molecule has 0 unspecified atom stereocenters. The van der Waals surface area contributed by atoms with Crippen LogP contribution in [0.3, 0.4) is 0 Å². The van der Waals surface area contributed by atoms with Crippen molar-refractivity contribution in [2.45, 2.75) is 12.8 Å². The highest BCUT2D eigenvalue weighted by molar-refractivity contribution is 6.22. The van der Waals surface area contributed by atoms with Crippen LogP contribution in [-0.2, 0) is 9.59 Å². The van der Waals surface area contributed by atoms with Crippen molar-refractivity contribution in [3.8, 4) is 0 Å². The van der Waals surface area contributed by atoms with E-state index in [0.717, 1.165) is 12.8 Å². The molecule has 1 heterocycles. The molecule has 0 radical (unpaired) electrons. The molecular weight excluding hydrogens is 284 g/mol. The van der Waals surface area contributed by atoms with Crippen molar-refractivity contribution in [2.75, 3.05) is 4.90 Å². The third-order valence-corrected chi connectivity index (χ3v) is 5.08. The lowest BCUT2D eigenvalue weighted by atomic mass is 9.63. The van der Waals surface area contributed by atoms with Gasteiger partial charge in [0.1, 0.15) is 0 Å². The summed E-state index contributed by atoms with van der Waals surface area (Å²) >= 11 is 0. The summed E-state index contributed by atoms with van der Waals surface area (Å²) in [5, 5.41) is 10.7. The van der Waals surface area contributed by atoms with Crippen LogP contribution in [-0.4, -0.2) is 16.7 Å². The van der Waals surface area contributed by atoms with Crippen molar-refractivity contribution in [3.05, 3.63) is 46.5 Å². The van der Waals surface area contributed by atoms with Crippen molar-refractivity contribution in [1.29, 1.82) is 0 Å². The van der Waals surface area contributed by atoms with Crippen molar-refractivity contribution in [1.82, 2.24) is 0 Å². The Bertz CT molecular complexity index is 677. The Morgan fingerprint density at radius 2 is 1.45 bits per heavy atom. The average molecular weight is 298 g/mol. The van der Waals surface area contributed by atoms with E-state index in [2.05, 4.69) is 12.2 Å². The lowest BCUT2D eigenvalue weighted by Crippen LogP contribution is -2.38. The van der Waals surface area contributed by atoms with E-state index >= 15 is 0 Å². The van der Waals surface area contributed by atoms with Gasteiger partial charge in [-0.15, -0.1) is 0 Å². The Hall–Kier alpha value is -2.50. The number of allylic oxidation sites excluding steroid dienone is 2. The Morgan fingerprint density at radius 3 is 1.86 bits per heavy atom. The molecule has 1 aromatic carbocycles. The number of hydrogen-bond acceptors (Lipinski definition) is 4. The topological polar surface area (TPSA) is 80.5 Å². The molecule has 3 aliphatic carbocycles. The minimum Gasteiger partial charge on any atom is -0.274 e. The second kappa shape index (κ2) is 4.50. The lowest BCUT2D eigenvalue weighted by molar-refractivity contribution is -0.384. The van der Waals surface area contributed by atoms with Crippen LogP contribution in [0, 0.1) is 33.8 Å². The van der Waals surface area contributed by atoms with Gasteiger partial charge in [-0.3, -0.25) is 24.6 Å². The smallest absolute Gasteiger partial charge is 0.269 e. The number of amides is 2. The molecule has 5 rings (SSSR count). The largest absolute Gasteiger partial charge is 0.274 e. The van der Waals surface area contributed by atoms with Gasteiger partial charge in [0, 0.05) is 12.1 Å². The number of carbonyl (C=O) groups excluding carboxylic acids is 2. The predicted octanol–water partition coefficient (Wildman–Crippen LogP) is 2.30. The van der Waals surface area contributed by atoms with Gasteiger partial charge >= 0.3 is 0 Å². The summed E-state index contributed by atoms with van der Waals surface area (Å²) in [6.45, 7) is 0. The molecule has 0 spiro atoms. The van der Waals surface area contributed by atoms with Crippen LogP contribution in [0.15, 0.2) is 36.4 Å². The first-order valence-corrected chi connectivity index (χ1v) is 7.38. The first kappa shape index (κ1) is 13.2. The second-order valence-corrected chi connectivity index (χ2v) is 6.13. The normalized spacial score (nSPS) is 32.5. The van der Waals surface area contributed by atoms with Crippen LogP contribution in [0.25, 0.3) is 0 Å². The van der Waals surface area contributed by atoms with Crippen LogP contribution >= 0.6 is 0 Å². The van der Waals surface area contributed by atoms with E-state index in [9.17, 15) is 19.7 Å². The van der Waals surface area contributed by atoms with Gasteiger partial charge in [0.2, 0.25) is 11.8 Å². The quantitative estimate of drug-likeness (QED) is 0.363. The fourth-order valence-corrected chi connectivity index (χ4v) is 4.05. The zero-order chi connectivity index (χ0) is 15.4. The van der Waals surface area contributed by atoms with E-state index in [1.54, 1.807) is 0 Å². The number of nitro benzene ring substituents is 1. The Balaban J connectivity index is 1.70. The first-order chi connectivity index (χ1) is 10.6. The zero-order valence-corrected chi connectivity index (χ0v) is 11.7. The number of imide groups is 1. The molecule has 0 N–H and O–H groups in total. The highest BCUT2D eigenvalue weighted by Gasteiger charge is 2.56. The van der Waals surface area contributed by atoms with Gasteiger partial charge in [0.25, 0.3) is 5.69 Å². The van der Waals surface area contributed by atoms with Crippen molar-refractivity contribution >= 4 is 23.2 Å². The zero-order valence-electron chi connectivity index (χ0n) is 11.7. The SMILES string of the molecule is O=C1[C@H]2[C@H](C(=O)N1c1ccc([N+](=O)[O-])cc1)[C@@H]1C=C[C@@H]2CC1. The van der Waals surface area contributed by atoms with Gasteiger partial charge in [-0.25, -0.2) is 0 Å². The molecule has 2 fully saturated rings. The number of hydrogen-bond donors (Lipinski definition) is 0. The third-order valence-electron chi connectivity index (χ3n) is 5.08. The summed E-state index contributed by atoms with van der Waals surface area (Å²) in [4.78, 5) is 36.8. The van der Waals surface area contributed by atoms with Gasteiger partial charge in [-0.1, -0.05) is 12.2 Å². The molecule has 1 aromatic rings. The monoisotopic (exact) mass is 298 g/mol. The highest BCUT2D eigenvalue weighted by Crippen LogP contribution is 2.50. The maximum absolute atomic E-state index is 12.7. The molecule has 1 saturated carbocycles. The van der Waals surface area contributed by atoms with E-state index in [1.807, 2.05) is 0 Å². The van der Waals surface area contributed by atoms with Gasteiger partial charge in [-0.05, 0) is 36.8 Å². The summed E-state index contributed by atoms with van der Waals surface area (Å²) in [7, 11) is 0. The number of nitrogens with zero attached hydrogens (tertiary/aromatic N) is 2. The summed E-state index contributed by atoms with van der Waals surface area (Å²) in [6, 6.07) is 5.59. The lowest BCUT2D eigenvalue weighted by Gasteiger charge is -2.38. The van der Waals surface area contributed by atoms with Crippen molar-refractivity contribution < 1.29 is 14.5 Å². The van der Waals surface area contributed by atoms with E-state index in [4.69, 9.17) is 0 Å². The summed E-state index contributed by atoms with van der Waals surface area (Å²) in [5.74, 6) is -0.548. The third kappa shape index (κ3) is 1.66. The summed E-state index contributed by atoms with van der Waals surface area (Å²) in [5.41, 5.74) is 0.372. The molecular formula is C16H14N2O4. The summed E-state index contributed by atoms with van der Waals surface area (Å²) < 4.78 is 0. The number of benzene rings is 1. The molecule has 1 aliphatic heterocycles. The highest BCUT2D eigenvalue weighted by atomic mass is 16.6. The minimum absolute atomic E-state index is 0.0537. The Morgan fingerprint density at radius 1 is 0.955 bits per heavy atom. The number of rotatable bonds is 2. The molecule has 1 saturated heterocycles. The molecule has 4 aliphatic rings. The number of fused-ring (bicyclic) bond motifs is 1. The molecule has 4 atom stereocenters. The van der Waals surface area contributed by atoms with Crippen LogP contribution in [0.1, 0.15) is 12.8 Å². The van der Waals surface area contributed by atoms with E-state index < -0.39 is 4.92 Å². The number of nitro groups is 1. The first-order valence-electron chi connectivity index (χ1n) is 7.38. The van der Waals surface area contributed by atoms with E-state index in [-0.39, 0.29) is 41.2 Å². The Labute approximate surface area is 126 Å². The molecule has 112 valence electrons. The van der Waals surface area contributed by atoms with Crippen LogP contribution in [0.5, 0.6) is 0 Å². The van der Waals surface area contributed by atoms with Gasteiger partial charge in [-0.2, -0.15) is 0 Å². The molecule has 2 bridgehead atoms. The molecule has 6 heteroatoms. The van der Waals surface area contributed by atoms with Crippen LogP contribution in [0.2, 0.25) is 0 Å². The van der Waals surface area contributed by atoms with Crippen LogP contribution in [0.4, 0.5) is 11.4 Å². The maximum atomic E-state index is 12.7. The number of anilines is 1. The molecule has 2 amide bonds. The van der Waals surface area contributed by atoms with Gasteiger partial charge in [0.15, 0.2) is 0 Å². The molecule has 0 aromatic heterocycles. The Kier molecular flexibility index (Phi) is 2.69. The average Bonchev–Trinajstić information content (AvgIpc) is 2.82. The van der Waals surface area contributed by atoms with Crippen molar-refractivity contribution in [3.63, 3.8) is 0 Å². The molecule has 22 heavy (non-hydrogen) atoms. The number of carbonyl (C=O) groups is 2. The standard InChI is InChI=1S/C16H14N2O4/c19-15-13-9-1-2-10(4-3-9)14(13)16(20)17(15)11-5-7-12(8-6-11)18(21)22/h1-2,5-10,13-14H,3-4H2/t9-,10-,13-,14-/m1/s1. The fraction of sp³-hybridized carbons (Fsp3) is 0.375. The maximum Gasteiger partial charge on any atom is 0.269 e.